The average Bonchev–Trinajstić information content (AvgIpc) is 3.30. The maximum Gasteiger partial charge on any atom is 0.253 e. The average molecular weight is 478 g/mol. The number of carbonyl (C=O) groups is 2. The van der Waals surface area contributed by atoms with Crippen molar-refractivity contribution < 1.29 is 27.1 Å². The molecule has 2 aromatic rings. The lowest BCUT2D eigenvalue weighted by atomic mass is 10.1. The number of nitrogens with zero attached hydrogens (tertiary/aromatic N) is 1. The van der Waals surface area contributed by atoms with Crippen molar-refractivity contribution in [2.45, 2.75) is 38.3 Å². The number of hydrogen-bond acceptors (Lipinski definition) is 5. The summed E-state index contributed by atoms with van der Waals surface area (Å²) in [5, 5.41) is 5.51. The maximum absolute atomic E-state index is 13.4. The van der Waals surface area contributed by atoms with Gasteiger partial charge in [0, 0.05) is 13.2 Å². The molecule has 1 aliphatic heterocycles. The smallest absolute Gasteiger partial charge is 0.253 e. The van der Waals surface area contributed by atoms with Crippen LogP contribution in [0.1, 0.15) is 36.5 Å². The van der Waals surface area contributed by atoms with Gasteiger partial charge in [0.2, 0.25) is 15.9 Å². The molecule has 1 aliphatic rings. The first-order valence-corrected chi connectivity index (χ1v) is 12.6. The first kappa shape index (κ1) is 24.7. The van der Waals surface area contributed by atoms with Gasteiger partial charge < -0.3 is 15.4 Å². The molecule has 1 fully saturated rings. The second-order valence-corrected chi connectivity index (χ2v) is 9.70. The molecule has 0 aromatic heterocycles. The maximum atomic E-state index is 13.4. The van der Waals surface area contributed by atoms with Gasteiger partial charge in [-0.15, -0.1) is 0 Å². The van der Waals surface area contributed by atoms with Gasteiger partial charge >= 0.3 is 0 Å². The van der Waals surface area contributed by atoms with Gasteiger partial charge in [-0.2, -0.15) is 0 Å². The summed E-state index contributed by atoms with van der Waals surface area (Å²) < 4.78 is 44.9. The van der Waals surface area contributed by atoms with Crippen molar-refractivity contribution in [2.75, 3.05) is 29.0 Å². The summed E-state index contributed by atoms with van der Waals surface area (Å²) in [7, 11) is -3.87. The fourth-order valence-electron chi connectivity index (χ4n) is 3.76. The third-order valence-corrected chi connectivity index (χ3v) is 6.53. The SMILES string of the molecule is CC[C@@H](C(=O)Nc1ccccc1C(=O)NC[C@H]1CCCO1)N(c1ccc(F)cc1)S(C)(=O)=O. The van der Waals surface area contributed by atoms with E-state index in [1.165, 1.54) is 12.1 Å². The Morgan fingerprint density at radius 3 is 2.48 bits per heavy atom. The number of amides is 2. The lowest BCUT2D eigenvalue weighted by molar-refractivity contribution is -0.117. The number of sulfonamides is 1. The molecule has 0 saturated carbocycles. The van der Waals surface area contributed by atoms with Crippen LogP contribution in [0, 0.1) is 5.82 Å². The first-order chi connectivity index (χ1) is 15.7. The summed E-state index contributed by atoms with van der Waals surface area (Å²) in [5.41, 5.74) is 0.688. The zero-order valence-electron chi connectivity index (χ0n) is 18.6. The van der Waals surface area contributed by atoms with E-state index in [4.69, 9.17) is 4.74 Å². The van der Waals surface area contributed by atoms with Crippen molar-refractivity contribution in [3.63, 3.8) is 0 Å². The lowest BCUT2D eigenvalue weighted by Crippen LogP contribution is -2.47. The summed E-state index contributed by atoms with van der Waals surface area (Å²) in [6, 6.07) is 10.3. The molecule has 10 heteroatoms. The topological polar surface area (TPSA) is 105 Å². The number of nitrogens with one attached hydrogen (secondary N) is 2. The van der Waals surface area contributed by atoms with Crippen molar-refractivity contribution in [2.24, 2.45) is 0 Å². The second-order valence-electron chi connectivity index (χ2n) is 7.84. The predicted molar refractivity (Wildman–Crippen MR) is 124 cm³/mol. The van der Waals surface area contributed by atoms with E-state index in [-0.39, 0.29) is 35.4 Å². The predicted octanol–water partition coefficient (Wildman–Crippen LogP) is 2.92. The van der Waals surface area contributed by atoms with Crippen LogP contribution in [0.4, 0.5) is 15.8 Å². The lowest BCUT2D eigenvalue weighted by Gasteiger charge is -2.30. The van der Waals surface area contributed by atoms with Crippen molar-refractivity contribution in [1.82, 2.24) is 5.32 Å². The van der Waals surface area contributed by atoms with Gasteiger partial charge in [-0.25, -0.2) is 12.8 Å². The summed E-state index contributed by atoms with van der Waals surface area (Å²) in [5.74, 6) is -1.49. The molecule has 2 atom stereocenters. The standard InChI is InChI=1S/C23H28FN3O5S/c1-3-21(27(33(2,30)31)17-12-10-16(24)11-13-17)23(29)26-20-9-5-4-8-19(20)22(28)25-15-18-7-6-14-32-18/h4-5,8-13,18,21H,3,6-7,14-15H2,1-2H3,(H,25,28)(H,26,29)/t18-,21+/m1/s1. The van der Waals surface area contributed by atoms with Crippen LogP contribution in [0.25, 0.3) is 0 Å². The van der Waals surface area contributed by atoms with Gasteiger partial charge in [-0.05, 0) is 55.7 Å². The van der Waals surface area contributed by atoms with E-state index in [1.807, 2.05) is 0 Å². The van der Waals surface area contributed by atoms with Gasteiger partial charge in [-0.3, -0.25) is 13.9 Å². The van der Waals surface area contributed by atoms with Crippen molar-refractivity contribution in [3.05, 3.63) is 59.9 Å². The second kappa shape index (κ2) is 10.8. The highest BCUT2D eigenvalue weighted by Gasteiger charge is 2.32. The highest BCUT2D eigenvalue weighted by Crippen LogP contribution is 2.24. The summed E-state index contributed by atoms with van der Waals surface area (Å²) in [6.07, 6.45) is 2.94. The third-order valence-electron chi connectivity index (χ3n) is 5.35. The van der Waals surface area contributed by atoms with Crippen molar-refractivity contribution in [3.8, 4) is 0 Å². The Morgan fingerprint density at radius 1 is 1.18 bits per heavy atom. The Balaban J connectivity index is 1.81. The van der Waals surface area contributed by atoms with Crippen LogP contribution in [0.2, 0.25) is 0 Å². The molecule has 1 saturated heterocycles. The first-order valence-electron chi connectivity index (χ1n) is 10.8. The number of para-hydroxylation sites is 1. The zero-order valence-corrected chi connectivity index (χ0v) is 19.4. The normalized spacial score (nSPS) is 16.8. The van der Waals surface area contributed by atoms with Gasteiger partial charge in [0.25, 0.3) is 5.91 Å². The minimum absolute atomic E-state index is 0.0285. The number of halogens is 1. The van der Waals surface area contributed by atoms with Crippen LogP contribution in [-0.2, 0) is 19.6 Å². The Bertz CT molecular complexity index is 1090. The Kier molecular flexibility index (Phi) is 8.04. The Hall–Kier alpha value is -2.98. The molecule has 1 heterocycles. The van der Waals surface area contributed by atoms with Crippen molar-refractivity contribution >= 4 is 33.2 Å². The molecule has 0 unspecified atom stereocenters. The number of hydrogen-bond donors (Lipinski definition) is 2. The number of rotatable bonds is 9. The number of anilines is 2. The van der Waals surface area contributed by atoms with E-state index in [1.54, 1.807) is 31.2 Å². The summed E-state index contributed by atoms with van der Waals surface area (Å²) in [4.78, 5) is 25.9. The van der Waals surface area contributed by atoms with E-state index in [0.717, 1.165) is 35.5 Å². The van der Waals surface area contributed by atoms with Gasteiger partial charge in [0.1, 0.15) is 11.9 Å². The van der Waals surface area contributed by atoms with Crippen LogP contribution >= 0.6 is 0 Å². The van der Waals surface area contributed by atoms with E-state index >= 15 is 0 Å². The van der Waals surface area contributed by atoms with Crippen LogP contribution in [0.3, 0.4) is 0 Å². The van der Waals surface area contributed by atoms with E-state index < -0.39 is 27.8 Å². The molecule has 2 N–H and O–H groups in total. The molecule has 3 rings (SSSR count). The van der Waals surface area contributed by atoms with Crippen LogP contribution in [-0.4, -0.2) is 51.8 Å². The molecule has 178 valence electrons. The van der Waals surface area contributed by atoms with E-state index in [0.29, 0.717) is 13.2 Å². The number of ether oxygens (including phenoxy) is 1. The molecular formula is C23H28FN3O5S. The largest absolute Gasteiger partial charge is 0.376 e. The van der Waals surface area contributed by atoms with Crippen LogP contribution in [0.5, 0.6) is 0 Å². The molecule has 2 aromatic carbocycles. The molecule has 33 heavy (non-hydrogen) atoms. The van der Waals surface area contributed by atoms with Gasteiger partial charge in [-0.1, -0.05) is 19.1 Å². The molecule has 0 radical (unpaired) electrons. The summed E-state index contributed by atoms with van der Waals surface area (Å²) in [6.45, 7) is 2.72. The Labute approximate surface area is 193 Å². The molecule has 2 amide bonds. The van der Waals surface area contributed by atoms with Crippen molar-refractivity contribution in [1.29, 1.82) is 0 Å². The quantitative estimate of drug-likeness (QED) is 0.578. The zero-order chi connectivity index (χ0) is 24.0. The monoisotopic (exact) mass is 477 g/mol. The molecule has 0 aliphatic carbocycles. The third kappa shape index (κ3) is 6.29. The fraction of sp³-hybridized carbons (Fsp3) is 0.391. The molecule has 0 bridgehead atoms. The summed E-state index contributed by atoms with van der Waals surface area (Å²) >= 11 is 0. The highest BCUT2D eigenvalue weighted by atomic mass is 32.2. The van der Waals surface area contributed by atoms with Crippen LogP contribution < -0.4 is 14.9 Å². The number of benzene rings is 2. The molecule has 0 spiro atoms. The number of carbonyl (C=O) groups excluding carboxylic acids is 2. The minimum atomic E-state index is -3.87. The Morgan fingerprint density at radius 2 is 1.88 bits per heavy atom. The fourth-order valence-corrected chi connectivity index (χ4v) is 4.97. The highest BCUT2D eigenvalue weighted by molar-refractivity contribution is 7.92. The van der Waals surface area contributed by atoms with Crippen LogP contribution in [0.15, 0.2) is 48.5 Å². The molecular weight excluding hydrogens is 449 g/mol. The van der Waals surface area contributed by atoms with E-state index in [2.05, 4.69) is 10.6 Å². The van der Waals surface area contributed by atoms with Gasteiger partial charge in [0.05, 0.1) is 29.3 Å². The van der Waals surface area contributed by atoms with E-state index in [9.17, 15) is 22.4 Å². The van der Waals surface area contributed by atoms with Gasteiger partial charge in [0.15, 0.2) is 0 Å². The molecule has 8 nitrogen and oxygen atoms in total. The minimum Gasteiger partial charge on any atom is -0.376 e.